The Balaban J connectivity index is 1.48. The molecule has 0 aromatic heterocycles. The first-order valence-electron chi connectivity index (χ1n) is 7.94. The minimum atomic E-state index is 0.559. The number of ether oxygens (including phenoxy) is 1. The monoisotopic (exact) mass is 274 g/mol. The van der Waals surface area contributed by atoms with Crippen molar-refractivity contribution in [2.75, 3.05) is 32.8 Å². The van der Waals surface area contributed by atoms with Gasteiger partial charge in [-0.05, 0) is 37.3 Å². The van der Waals surface area contributed by atoms with Crippen LogP contribution in [0.4, 0.5) is 0 Å². The van der Waals surface area contributed by atoms with Gasteiger partial charge in [0.25, 0.3) is 0 Å². The Morgan fingerprint density at radius 1 is 1.25 bits per heavy atom. The molecule has 0 saturated carbocycles. The van der Waals surface area contributed by atoms with E-state index in [4.69, 9.17) is 4.74 Å². The Bertz CT molecular complexity index is 429. The highest BCUT2D eigenvalue weighted by atomic mass is 16.5. The highest BCUT2D eigenvalue weighted by molar-refractivity contribution is 5.30. The molecule has 3 heteroatoms. The quantitative estimate of drug-likeness (QED) is 0.907. The molecule has 110 valence electrons. The number of fused-ring (bicyclic) bond motifs is 1. The topological polar surface area (TPSA) is 24.5 Å². The molecule has 0 radical (unpaired) electrons. The van der Waals surface area contributed by atoms with Gasteiger partial charge in [0.05, 0.1) is 13.2 Å². The third kappa shape index (κ3) is 3.60. The Kier molecular flexibility index (Phi) is 4.71. The summed E-state index contributed by atoms with van der Waals surface area (Å²) in [5.74, 6) is 0. The van der Waals surface area contributed by atoms with Crippen molar-refractivity contribution in [3.05, 3.63) is 35.4 Å². The van der Waals surface area contributed by atoms with Crippen molar-refractivity contribution < 1.29 is 4.74 Å². The molecule has 1 aliphatic heterocycles. The lowest BCUT2D eigenvalue weighted by Gasteiger charge is -2.33. The zero-order valence-electron chi connectivity index (χ0n) is 12.5. The summed E-state index contributed by atoms with van der Waals surface area (Å²) in [6.45, 7) is 7.41. The van der Waals surface area contributed by atoms with Gasteiger partial charge in [0.1, 0.15) is 0 Å². The van der Waals surface area contributed by atoms with Crippen LogP contribution in [0.3, 0.4) is 0 Å². The van der Waals surface area contributed by atoms with Gasteiger partial charge in [0.15, 0.2) is 0 Å². The molecule has 1 aromatic rings. The van der Waals surface area contributed by atoms with Crippen LogP contribution in [0, 0.1) is 0 Å². The minimum absolute atomic E-state index is 0.559. The van der Waals surface area contributed by atoms with Crippen molar-refractivity contribution in [1.29, 1.82) is 0 Å². The highest BCUT2D eigenvalue weighted by Crippen LogP contribution is 2.21. The Labute approximate surface area is 122 Å². The fraction of sp³-hybridized carbons (Fsp3) is 0.647. The van der Waals surface area contributed by atoms with E-state index in [1.54, 1.807) is 5.56 Å². The van der Waals surface area contributed by atoms with Crippen molar-refractivity contribution >= 4 is 0 Å². The lowest BCUT2D eigenvalue weighted by atomic mass is 9.88. The molecule has 3 rings (SSSR count). The summed E-state index contributed by atoms with van der Waals surface area (Å²) in [6.07, 6.45) is 3.67. The SMILES string of the molecule is CC(CN1CCOCC1)NC1CCc2ccccc2C1. The van der Waals surface area contributed by atoms with Crippen LogP contribution in [0.25, 0.3) is 0 Å². The summed E-state index contributed by atoms with van der Waals surface area (Å²) in [5.41, 5.74) is 3.08. The zero-order valence-corrected chi connectivity index (χ0v) is 12.5. The average molecular weight is 274 g/mol. The van der Waals surface area contributed by atoms with Gasteiger partial charge in [-0.1, -0.05) is 24.3 Å². The first-order valence-corrected chi connectivity index (χ1v) is 7.94. The Hall–Kier alpha value is -0.900. The highest BCUT2D eigenvalue weighted by Gasteiger charge is 2.21. The van der Waals surface area contributed by atoms with E-state index in [1.807, 2.05) is 0 Å². The predicted molar refractivity (Wildman–Crippen MR) is 82.1 cm³/mol. The average Bonchev–Trinajstić information content (AvgIpc) is 2.48. The van der Waals surface area contributed by atoms with Gasteiger partial charge in [-0.25, -0.2) is 0 Å². The number of hydrogen-bond donors (Lipinski definition) is 1. The fourth-order valence-electron chi connectivity index (χ4n) is 3.47. The molecule has 1 aromatic carbocycles. The van der Waals surface area contributed by atoms with Gasteiger partial charge in [-0.3, -0.25) is 4.90 Å². The summed E-state index contributed by atoms with van der Waals surface area (Å²) in [5, 5.41) is 3.82. The van der Waals surface area contributed by atoms with Crippen LogP contribution < -0.4 is 5.32 Å². The van der Waals surface area contributed by atoms with Gasteiger partial charge < -0.3 is 10.1 Å². The Morgan fingerprint density at radius 3 is 2.80 bits per heavy atom. The molecule has 2 aliphatic rings. The second-order valence-electron chi connectivity index (χ2n) is 6.19. The summed E-state index contributed by atoms with van der Waals surface area (Å²) in [6, 6.07) is 10.1. The number of nitrogens with zero attached hydrogens (tertiary/aromatic N) is 1. The maximum Gasteiger partial charge on any atom is 0.0594 e. The lowest BCUT2D eigenvalue weighted by Crippen LogP contribution is -2.48. The van der Waals surface area contributed by atoms with E-state index >= 15 is 0 Å². The van der Waals surface area contributed by atoms with Crippen LogP contribution in [-0.4, -0.2) is 49.8 Å². The third-order valence-electron chi connectivity index (χ3n) is 4.50. The number of aryl methyl sites for hydroxylation is 1. The predicted octanol–water partition coefficient (Wildman–Crippen LogP) is 1.85. The van der Waals surface area contributed by atoms with Crippen molar-refractivity contribution in [2.24, 2.45) is 0 Å². The van der Waals surface area contributed by atoms with Crippen LogP contribution in [0.2, 0.25) is 0 Å². The fourth-order valence-corrected chi connectivity index (χ4v) is 3.47. The van der Waals surface area contributed by atoms with Crippen molar-refractivity contribution in [3.63, 3.8) is 0 Å². The number of nitrogens with one attached hydrogen (secondary N) is 1. The van der Waals surface area contributed by atoms with Crippen LogP contribution in [0.5, 0.6) is 0 Å². The van der Waals surface area contributed by atoms with Gasteiger partial charge in [0.2, 0.25) is 0 Å². The van der Waals surface area contributed by atoms with E-state index in [-0.39, 0.29) is 0 Å². The summed E-state index contributed by atoms with van der Waals surface area (Å²) in [7, 11) is 0. The normalized spacial score (nSPS) is 25.1. The molecule has 0 amide bonds. The molecule has 3 nitrogen and oxygen atoms in total. The van der Waals surface area contributed by atoms with Crippen molar-refractivity contribution in [3.8, 4) is 0 Å². The molecule has 1 N–H and O–H groups in total. The van der Waals surface area contributed by atoms with Gasteiger partial charge in [0, 0.05) is 31.7 Å². The standard InChI is InChI=1S/C17H26N2O/c1-14(13-19-8-10-20-11-9-19)18-17-7-6-15-4-2-3-5-16(15)12-17/h2-5,14,17-18H,6-13H2,1H3. The molecule has 2 atom stereocenters. The summed E-state index contributed by atoms with van der Waals surface area (Å²) < 4.78 is 5.41. The Morgan fingerprint density at radius 2 is 2.00 bits per heavy atom. The molecule has 2 unspecified atom stereocenters. The van der Waals surface area contributed by atoms with Crippen LogP contribution in [0.15, 0.2) is 24.3 Å². The zero-order chi connectivity index (χ0) is 13.8. The summed E-state index contributed by atoms with van der Waals surface area (Å²) in [4.78, 5) is 2.51. The van der Waals surface area contributed by atoms with E-state index in [9.17, 15) is 0 Å². The second kappa shape index (κ2) is 6.70. The van der Waals surface area contributed by atoms with Crippen molar-refractivity contribution in [2.45, 2.75) is 38.3 Å². The number of morpholine rings is 1. The molecule has 0 spiro atoms. The van der Waals surface area contributed by atoms with Gasteiger partial charge in [-0.2, -0.15) is 0 Å². The van der Waals surface area contributed by atoms with E-state index in [0.29, 0.717) is 12.1 Å². The number of hydrogen-bond acceptors (Lipinski definition) is 3. The van der Waals surface area contributed by atoms with E-state index in [2.05, 4.69) is 41.4 Å². The molecule has 20 heavy (non-hydrogen) atoms. The minimum Gasteiger partial charge on any atom is -0.379 e. The van der Waals surface area contributed by atoms with Crippen LogP contribution in [0.1, 0.15) is 24.5 Å². The van der Waals surface area contributed by atoms with Gasteiger partial charge in [-0.15, -0.1) is 0 Å². The van der Waals surface area contributed by atoms with Crippen molar-refractivity contribution in [1.82, 2.24) is 10.2 Å². The molecule has 1 fully saturated rings. The maximum absolute atomic E-state index is 5.41. The molecular weight excluding hydrogens is 248 g/mol. The number of rotatable bonds is 4. The first-order chi connectivity index (χ1) is 9.81. The molecule has 1 saturated heterocycles. The molecule has 1 heterocycles. The smallest absolute Gasteiger partial charge is 0.0594 e. The molecular formula is C17H26N2O. The summed E-state index contributed by atoms with van der Waals surface area (Å²) >= 11 is 0. The van der Waals surface area contributed by atoms with E-state index in [1.165, 1.54) is 24.8 Å². The lowest BCUT2D eigenvalue weighted by molar-refractivity contribution is 0.0337. The molecule has 1 aliphatic carbocycles. The number of benzene rings is 1. The first kappa shape index (κ1) is 14.1. The van der Waals surface area contributed by atoms with Crippen LogP contribution in [-0.2, 0) is 17.6 Å². The van der Waals surface area contributed by atoms with Crippen LogP contribution >= 0.6 is 0 Å². The van der Waals surface area contributed by atoms with E-state index < -0.39 is 0 Å². The maximum atomic E-state index is 5.41. The third-order valence-corrected chi connectivity index (χ3v) is 4.50. The molecule has 0 bridgehead atoms. The largest absolute Gasteiger partial charge is 0.379 e. The van der Waals surface area contributed by atoms with E-state index in [0.717, 1.165) is 32.8 Å². The second-order valence-corrected chi connectivity index (χ2v) is 6.19. The van der Waals surface area contributed by atoms with Gasteiger partial charge >= 0.3 is 0 Å².